The van der Waals surface area contributed by atoms with Crippen molar-refractivity contribution in [1.82, 2.24) is 0 Å². The summed E-state index contributed by atoms with van der Waals surface area (Å²) in [6.07, 6.45) is 0. The number of rotatable bonds is 3. The molecule has 0 bridgehead atoms. The van der Waals surface area contributed by atoms with E-state index in [1.807, 2.05) is 16.8 Å². The van der Waals surface area contributed by atoms with Crippen LogP contribution in [-0.2, 0) is 0 Å². The fourth-order valence-corrected chi connectivity index (χ4v) is 1.93. The molecule has 82 valence electrons. The summed E-state index contributed by atoms with van der Waals surface area (Å²) in [6, 6.07) is 6.73. The summed E-state index contributed by atoms with van der Waals surface area (Å²) in [5.41, 5.74) is 7.76. The molecule has 0 saturated carbocycles. The molecule has 0 atom stereocenters. The van der Waals surface area contributed by atoms with Gasteiger partial charge in [-0.15, -0.1) is 0 Å². The predicted octanol–water partition coefficient (Wildman–Crippen LogP) is 2.77. The van der Waals surface area contributed by atoms with Crippen molar-refractivity contribution in [3.8, 4) is 0 Å². The van der Waals surface area contributed by atoms with Crippen LogP contribution in [0, 0.1) is 0 Å². The largest absolute Gasteiger partial charge is 0.478 e. The molecule has 0 amide bonds. The van der Waals surface area contributed by atoms with Crippen LogP contribution in [0.2, 0.25) is 0 Å². The molecule has 2 aromatic rings. The third-order valence-corrected chi connectivity index (χ3v) is 2.78. The van der Waals surface area contributed by atoms with Crippen molar-refractivity contribution in [3.05, 3.63) is 40.6 Å². The van der Waals surface area contributed by atoms with Crippen molar-refractivity contribution >= 4 is 34.4 Å². The minimum atomic E-state index is -1.01. The number of nitrogen functional groups attached to an aromatic ring is 1. The Balaban J connectivity index is 2.24. The number of benzene rings is 1. The van der Waals surface area contributed by atoms with E-state index < -0.39 is 5.97 Å². The Hall–Kier alpha value is -2.01. The highest BCUT2D eigenvalue weighted by Gasteiger charge is 2.07. The molecule has 0 aliphatic rings. The molecule has 0 aliphatic heterocycles. The predicted molar refractivity (Wildman–Crippen MR) is 65.4 cm³/mol. The van der Waals surface area contributed by atoms with Gasteiger partial charge in [0.25, 0.3) is 0 Å². The van der Waals surface area contributed by atoms with Crippen LogP contribution >= 0.6 is 11.3 Å². The topological polar surface area (TPSA) is 75.3 Å². The van der Waals surface area contributed by atoms with Gasteiger partial charge < -0.3 is 16.2 Å². The fourth-order valence-electron chi connectivity index (χ4n) is 1.34. The Morgan fingerprint density at radius 1 is 1.31 bits per heavy atom. The number of carboxylic acids is 1. The van der Waals surface area contributed by atoms with Gasteiger partial charge in [-0.3, -0.25) is 0 Å². The summed E-state index contributed by atoms with van der Waals surface area (Å²) in [5.74, 6) is -1.01. The van der Waals surface area contributed by atoms with Crippen LogP contribution in [0.15, 0.2) is 35.0 Å². The number of nitrogens with two attached hydrogens (primary N) is 1. The zero-order chi connectivity index (χ0) is 11.5. The van der Waals surface area contributed by atoms with Crippen LogP contribution < -0.4 is 11.1 Å². The van der Waals surface area contributed by atoms with Crippen molar-refractivity contribution in [3.63, 3.8) is 0 Å². The molecule has 0 saturated heterocycles. The van der Waals surface area contributed by atoms with Gasteiger partial charge in [0.15, 0.2) is 0 Å². The van der Waals surface area contributed by atoms with E-state index in [9.17, 15) is 4.79 Å². The molecule has 0 fully saturated rings. The second-order valence-corrected chi connectivity index (χ2v) is 4.02. The number of carboxylic acid groups (broad SMARTS) is 1. The van der Waals surface area contributed by atoms with Crippen molar-refractivity contribution < 1.29 is 9.90 Å². The van der Waals surface area contributed by atoms with Gasteiger partial charge in [0.1, 0.15) is 0 Å². The van der Waals surface area contributed by atoms with Crippen LogP contribution in [-0.4, -0.2) is 11.1 Å². The Labute approximate surface area is 96.3 Å². The highest BCUT2D eigenvalue weighted by atomic mass is 32.1. The maximum atomic E-state index is 10.8. The van der Waals surface area contributed by atoms with Gasteiger partial charge in [-0.1, -0.05) is 0 Å². The Bertz CT molecular complexity index is 509. The number of hydrogen-bond acceptors (Lipinski definition) is 4. The van der Waals surface area contributed by atoms with E-state index in [-0.39, 0.29) is 11.3 Å². The number of hydrogen-bond donors (Lipinski definition) is 3. The molecule has 0 unspecified atom stereocenters. The number of carbonyl (C=O) groups is 1. The summed E-state index contributed by atoms with van der Waals surface area (Å²) in [4.78, 5) is 10.8. The molecule has 1 aromatic heterocycles. The van der Waals surface area contributed by atoms with Crippen molar-refractivity contribution in [1.29, 1.82) is 0 Å². The van der Waals surface area contributed by atoms with Crippen LogP contribution in [0.1, 0.15) is 10.4 Å². The summed E-state index contributed by atoms with van der Waals surface area (Å²) in [6.45, 7) is 0. The van der Waals surface area contributed by atoms with Gasteiger partial charge in [-0.05, 0) is 29.6 Å². The third kappa shape index (κ3) is 2.14. The minimum Gasteiger partial charge on any atom is -0.478 e. The van der Waals surface area contributed by atoms with E-state index in [0.717, 1.165) is 11.4 Å². The monoisotopic (exact) mass is 234 g/mol. The lowest BCUT2D eigenvalue weighted by molar-refractivity contribution is 0.0698. The average Bonchev–Trinajstić information content (AvgIpc) is 2.70. The molecule has 4 N–H and O–H groups in total. The standard InChI is InChI=1S/C11H10N2O2S/c12-10-5-7(1-2-9(10)11(14)15)13-8-3-4-16-6-8/h1-6,13H,12H2,(H,14,15). The number of nitrogens with one attached hydrogen (secondary N) is 1. The average molecular weight is 234 g/mol. The van der Waals surface area contributed by atoms with Crippen LogP contribution in [0.4, 0.5) is 17.1 Å². The first-order valence-corrected chi connectivity index (χ1v) is 5.53. The molecule has 1 aromatic carbocycles. The molecule has 2 rings (SSSR count). The minimum absolute atomic E-state index is 0.121. The number of aromatic carboxylic acids is 1. The smallest absolute Gasteiger partial charge is 0.337 e. The number of thiophene rings is 1. The molecular weight excluding hydrogens is 224 g/mol. The number of anilines is 3. The van der Waals surface area contributed by atoms with Gasteiger partial charge in [0.2, 0.25) is 0 Å². The molecule has 4 nitrogen and oxygen atoms in total. The summed E-state index contributed by atoms with van der Waals surface area (Å²) in [5, 5.41) is 15.9. The molecule has 5 heteroatoms. The normalized spacial score (nSPS) is 10.0. The molecule has 0 aliphatic carbocycles. The van der Waals surface area contributed by atoms with Crippen molar-refractivity contribution in [2.45, 2.75) is 0 Å². The zero-order valence-corrected chi connectivity index (χ0v) is 9.12. The van der Waals surface area contributed by atoms with E-state index in [4.69, 9.17) is 10.8 Å². The molecular formula is C11H10N2O2S. The van der Waals surface area contributed by atoms with E-state index in [0.29, 0.717) is 0 Å². The van der Waals surface area contributed by atoms with Crippen molar-refractivity contribution in [2.75, 3.05) is 11.1 Å². The van der Waals surface area contributed by atoms with E-state index in [1.165, 1.54) is 6.07 Å². The van der Waals surface area contributed by atoms with Crippen LogP contribution in [0.25, 0.3) is 0 Å². The van der Waals surface area contributed by atoms with Gasteiger partial charge in [0.05, 0.1) is 5.56 Å². The first-order valence-electron chi connectivity index (χ1n) is 4.59. The second kappa shape index (κ2) is 4.24. The lowest BCUT2D eigenvalue weighted by Gasteiger charge is -2.06. The maximum Gasteiger partial charge on any atom is 0.337 e. The molecule has 0 radical (unpaired) electrons. The quantitative estimate of drug-likeness (QED) is 0.714. The van der Waals surface area contributed by atoms with Crippen LogP contribution in [0.5, 0.6) is 0 Å². The third-order valence-electron chi connectivity index (χ3n) is 2.09. The van der Waals surface area contributed by atoms with E-state index >= 15 is 0 Å². The van der Waals surface area contributed by atoms with Gasteiger partial charge >= 0.3 is 5.97 Å². The SMILES string of the molecule is Nc1cc(Nc2ccsc2)ccc1C(=O)O. The highest BCUT2D eigenvalue weighted by Crippen LogP contribution is 2.23. The zero-order valence-electron chi connectivity index (χ0n) is 8.31. The van der Waals surface area contributed by atoms with Gasteiger partial charge in [-0.25, -0.2) is 4.79 Å². The van der Waals surface area contributed by atoms with E-state index in [1.54, 1.807) is 23.5 Å². The highest BCUT2D eigenvalue weighted by molar-refractivity contribution is 7.08. The summed E-state index contributed by atoms with van der Waals surface area (Å²) in [7, 11) is 0. The van der Waals surface area contributed by atoms with Gasteiger partial charge in [-0.2, -0.15) is 11.3 Å². The maximum absolute atomic E-state index is 10.8. The molecule has 16 heavy (non-hydrogen) atoms. The van der Waals surface area contributed by atoms with Gasteiger partial charge in [0, 0.05) is 22.4 Å². The first-order chi connectivity index (χ1) is 7.66. The summed E-state index contributed by atoms with van der Waals surface area (Å²) < 4.78 is 0. The Morgan fingerprint density at radius 3 is 2.69 bits per heavy atom. The Morgan fingerprint density at radius 2 is 2.12 bits per heavy atom. The molecule has 1 heterocycles. The lowest BCUT2D eigenvalue weighted by atomic mass is 10.1. The molecule has 0 spiro atoms. The second-order valence-electron chi connectivity index (χ2n) is 3.24. The Kier molecular flexibility index (Phi) is 2.78. The first kappa shape index (κ1) is 10.5. The fraction of sp³-hybridized carbons (Fsp3) is 0. The van der Waals surface area contributed by atoms with Crippen molar-refractivity contribution in [2.24, 2.45) is 0 Å². The van der Waals surface area contributed by atoms with Crippen LogP contribution in [0.3, 0.4) is 0 Å². The lowest BCUT2D eigenvalue weighted by Crippen LogP contribution is -2.02. The summed E-state index contributed by atoms with van der Waals surface area (Å²) >= 11 is 1.58. The van der Waals surface area contributed by atoms with E-state index in [2.05, 4.69) is 5.32 Å².